The van der Waals surface area contributed by atoms with Crippen LogP contribution >= 0.6 is 0 Å². The molecule has 235 valence electrons. The Bertz CT molecular complexity index is 1930. The normalized spacial score (nSPS) is 15.8. The molecule has 0 aliphatic heterocycles. The molecule has 6 aromatic carbocycles. The van der Waals surface area contributed by atoms with Crippen molar-refractivity contribution in [3.05, 3.63) is 191 Å². The first-order valence-electron chi connectivity index (χ1n) is 16.4. The Morgan fingerprint density at radius 1 is 0.417 bits per heavy atom. The van der Waals surface area contributed by atoms with Crippen molar-refractivity contribution in [2.45, 2.75) is 21.1 Å². The van der Waals surface area contributed by atoms with E-state index in [0.717, 1.165) is 0 Å². The monoisotopic (exact) mass is 753 g/mol. The molecule has 6 aromatic rings. The zero-order valence-corrected chi connectivity index (χ0v) is 32.3. The van der Waals surface area contributed by atoms with Crippen LogP contribution in [0.15, 0.2) is 169 Å². The minimum atomic E-state index is -2.61. The molecule has 0 N–H and O–H groups in total. The third kappa shape index (κ3) is 6.21. The van der Waals surface area contributed by atoms with Crippen molar-refractivity contribution < 1.29 is 45.7 Å². The van der Waals surface area contributed by atoms with Crippen molar-refractivity contribution in [1.29, 1.82) is 0 Å². The molecule has 0 aromatic heterocycles. The van der Waals surface area contributed by atoms with E-state index in [1.807, 2.05) is 0 Å². The number of rotatable bonds is 7. The maximum atomic E-state index is 2.56. The Kier molecular flexibility index (Phi) is 10.7. The molecule has 48 heavy (non-hydrogen) atoms. The van der Waals surface area contributed by atoms with Gasteiger partial charge in [0.2, 0.25) is 0 Å². The van der Waals surface area contributed by atoms with Crippen LogP contribution in [0.1, 0.15) is 43.4 Å². The summed E-state index contributed by atoms with van der Waals surface area (Å²) in [7, 11) is 0. The molecule has 0 heterocycles. The van der Waals surface area contributed by atoms with E-state index >= 15 is 0 Å². The Morgan fingerprint density at radius 2 is 0.771 bits per heavy atom. The Labute approximate surface area is 306 Å². The van der Waals surface area contributed by atoms with E-state index < -0.39 is 26.8 Å². The second kappa shape index (κ2) is 14.9. The number of hydrogen-bond acceptors (Lipinski definition) is 0. The molecule has 0 radical (unpaired) electrons. The summed E-state index contributed by atoms with van der Waals surface area (Å²) in [5.41, 5.74) is 14.5. The smallest absolute Gasteiger partial charge is 1.00 e. The summed E-state index contributed by atoms with van der Waals surface area (Å²) < 4.78 is 1.02. The van der Waals surface area contributed by atoms with Gasteiger partial charge in [0.15, 0.2) is 0 Å². The fourth-order valence-corrected chi connectivity index (χ4v) is 36.6. The van der Waals surface area contributed by atoms with Gasteiger partial charge in [-0.3, -0.25) is 0 Å². The Balaban J connectivity index is 0.00000201. The molecular formula is C44H37Cl2SiZr. The second-order valence-corrected chi connectivity index (χ2v) is 28.4. The van der Waals surface area contributed by atoms with Gasteiger partial charge in [-0.25, -0.2) is 0 Å². The molecule has 8 rings (SSSR count). The first-order valence-corrected chi connectivity index (χ1v) is 25.2. The van der Waals surface area contributed by atoms with Crippen LogP contribution in [-0.2, 0) is 20.9 Å². The van der Waals surface area contributed by atoms with E-state index in [2.05, 4.69) is 184 Å². The standard InChI is InChI=1S/2C16H13.C12H11Si.2ClH.Zr/c2*1-12-10-14-8-5-9-15(16(14)11-12)13-6-3-2-4-7-13;1-3-7-11(8-4-1)13-12-9-5-2-6-10-12;;;/h2*2-11H,1H3;1-10,13H;2*1H;/q;;;;;+2/p-2. The molecule has 2 unspecified atom stereocenters. The van der Waals surface area contributed by atoms with E-state index in [9.17, 15) is 0 Å². The van der Waals surface area contributed by atoms with E-state index in [-0.39, 0.29) is 24.8 Å². The van der Waals surface area contributed by atoms with Gasteiger partial charge in [0.25, 0.3) is 0 Å². The largest absolute Gasteiger partial charge is 1.00 e. The van der Waals surface area contributed by atoms with Crippen molar-refractivity contribution in [3.63, 3.8) is 0 Å². The summed E-state index contributed by atoms with van der Waals surface area (Å²) in [4.78, 5) is 0. The summed E-state index contributed by atoms with van der Waals surface area (Å²) in [5.74, 6) is -1.63. The summed E-state index contributed by atoms with van der Waals surface area (Å²) in [5, 5.41) is 3.20. The summed E-state index contributed by atoms with van der Waals surface area (Å²) >= 11 is -2.61. The van der Waals surface area contributed by atoms with Crippen molar-refractivity contribution in [3.8, 4) is 22.3 Å². The van der Waals surface area contributed by atoms with Gasteiger partial charge in [-0.1, -0.05) is 0 Å². The SMILES string of the molecule is CC1=Cc2c(-c3ccccc3)cccc2[CH]1[Zr+2]([CH]1C(C)=Cc2c(-c3ccccc3)cccc21)[SiH](c1ccccc1)c1ccccc1.[Cl-].[Cl-]. The van der Waals surface area contributed by atoms with Crippen LogP contribution in [0.25, 0.3) is 34.4 Å². The Morgan fingerprint density at radius 3 is 1.15 bits per heavy atom. The quantitative estimate of drug-likeness (QED) is 0.218. The number of benzene rings is 6. The van der Waals surface area contributed by atoms with Crippen LogP contribution in [-0.4, -0.2) is 5.92 Å². The van der Waals surface area contributed by atoms with E-state index in [0.29, 0.717) is 7.25 Å². The number of allylic oxidation sites excluding steroid dienone is 2. The van der Waals surface area contributed by atoms with Crippen LogP contribution in [0.3, 0.4) is 0 Å². The molecular weight excluding hydrogens is 719 g/mol. The van der Waals surface area contributed by atoms with Gasteiger partial charge in [-0.15, -0.1) is 0 Å². The summed E-state index contributed by atoms with van der Waals surface area (Å²) in [6.07, 6.45) is 5.11. The van der Waals surface area contributed by atoms with Crippen LogP contribution in [0, 0.1) is 0 Å². The average Bonchev–Trinajstić information content (AvgIpc) is 3.63. The molecule has 2 aliphatic carbocycles. The van der Waals surface area contributed by atoms with E-state index in [1.54, 1.807) is 32.6 Å². The van der Waals surface area contributed by atoms with Gasteiger partial charge >= 0.3 is 284 Å². The third-order valence-corrected chi connectivity index (χ3v) is 33.6. The molecule has 0 fully saturated rings. The maximum Gasteiger partial charge on any atom is -1.00 e. The second-order valence-electron chi connectivity index (χ2n) is 12.7. The van der Waals surface area contributed by atoms with Gasteiger partial charge in [0.1, 0.15) is 0 Å². The van der Waals surface area contributed by atoms with Crippen LogP contribution in [0.5, 0.6) is 0 Å². The van der Waals surface area contributed by atoms with Crippen molar-refractivity contribution in [1.82, 2.24) is 0 Å². The number of hydrogen-bond donors (Lipinski definition) is 0. The Hall–Kier alpha value is -3.52. The fraction of sp³-hybridized carbons (Fsp3) is 0.0909. The van der Waals surface area contributed by atoms with Crippen LogP contribution < -0.4 is 35.2 Å². The topological polar surface area (TPSA) is 0 Å². The molecule has 2 atom stereocenters. The molecule has 0 bridgehead atoms. The zero-order chi connectivity index (χ0) is 31.0. The summed E-state index contributed by atoms with van der Waals surface area (Å²) in [6, 6.07) is 59.5. The molecule has 0 spiro atoms. The fourth-order valence-electron chi connectivity index (χ4n) is 8.10. The third-order valence-electron chi connectivity index (χ3n) is 9.99. The van der Waals surface area contributed by atoms with Gasteiger partial charge in [0.05, 0.1) is 0 Å². The predicted octanol–water partition coefficient (Wildman–Crippen LogP) is 3.80. The van der Waals surface area contributed by atoms with Crippen molar-refractivity contribution in [2.24, 2.45) is 0 Å². The minimum absolute atomic E-state index is 0. The predicted molar refractivity (Wildman–Crippen MR) is 196 cm³/mol. The molecule has 2 aliphatic rings. The zero-order valence-electron chi connectivity index (χ0n) is 27.2. The van der Waals surface area contributed by atoms with Gasteiger partial charge < -0.3 is 24.8 Å². The van der Waals surface area contributed by atoms with Gasteiger partial charge in [0, 0.05) is 0 Å². The molecule has 0 saturated heterocycles. The summed E-state index contributed by atoms with van der Waals surface area (Å²) in [6.45, 7) is 4.88. The van der Waals surface area contributed by atoms with Crippen LogP contribution in [0.4, 0.5) is 0 Å². The van der Waals surface area contributed by atoms with Crippen molar-refractivity contribution in [2.75, 3.05) is 0 Å². The van der Waals surface area contributed by atoms with E-state index in [1.165, 1.54) is 33.4 Å². The minimum Gasteiger partial charge on any atom is -1.00 e. The number of halogens is 2. The van der Waals surface area contributed by atoms with Crippen molar-refractivity contribution >= 4 is 28.4 Å². The van der Waals surface area contributed by atoms with E-state index in [4.69, 9.17) is 0 Å². The van der Waals surface area contributed by atoms with Gasteiger partial charge in [-0.2, -0.15) is 0 Å². The molecule has 0 amide bonds. The molecule has 0 nitrogen and oxygen atoms in total. The maximum absolute atomic E-state index is 2.61. The number of fused-ring (bicyclic) bond motifs is 2. The first-order chi connectivity index (χ1) is 22.7. The average molecular weight is 756 g/mol. The van der Waals surface area contributed by atoms with Gasteiger partial charge in [-0.05, 0) is 0 Å². The first kappa shape index (κ1) is 34.3. The molecule has 4 heteroatoms. The molecule has 0 saturated carbocycles. The van der Waals surface area contributed by atoms with Crippen LogP contribution in [0.2, 0.25) is 0 Å².